The average molecular weight is 285 g/mol. The van der Waals surface area contributed by atoms with Gasteiger partial charge in [0.15, 0.2) is 23.3 Å². The van der Waals surface area contributed by atoms with Crippen molar-refractivity contribution in [2.45, 2.75) is 26.2 Å². The molecule has 1 aliphatic rings. The lowest BCUT2D eigenvalue weighted by Gasteiger charge is -2.10. The van der Waals surface area contributed by atoms with Gasteiger partial charge in [-0.15, -0.1) is 0 Å². The van der Waals surface area contributed by atoms with E-state index >= 15 is 0 Å². The van der Waals surface area contributed by atoms with E-state index in [-0.39, 0.29) is 11.6 Å². The van der Waals surface area contributed by atoms with Gasteiger partial charge in [0.1, 0.15) is 0 Å². The lowest BCUT2D eigenvalue weighted by atomic mass is 10.3. The fourth-order valence-corrected chi connectivity index (χ4v) is 1.80. The first-order valence-electron chi connectivity index (χ1n) is 7.12. The zero-order chi connectivity index (χ0) is 14.4. The van der Waals surface area contributed by atoms with Gasteiger partial charge in [-0.1, -0.05) is 0 Å². The van der Waals surface area contributed by atoms with Gasteiger partial charge < -0.3 is 15.4 Å². The molecule has 6 heteroatoms. The summed E-state index contributed by atoms with van der Waals surface area (Å²) in [4.78, 5) is 3.90. The Morgan fingerprint density at radius 2 is 1.95 bits per heavy atom. The van der Waals surface area contributed by atoms with Crippen LogP contribution >= 0.6 is 0 Å². The third-order valence-corrected chi connectivity index (χ3v) is 3.08. The van der Waals surface area contributed by atoms with Crippen molar-refractivity contribution < 1.29 is 13.5 Å². The van der Waals surface area contributed by atoms with Crippen LogP contribution in [0.25, 0.3) is 0 Å². The highest BCUT2D eigenvalue weighted by molar-refractivity contribution is 5.47. The Hall–Kier alpha value is -1.43. The second kappa shape index (κ2) is 7.38. The highest BCUT2D eigenvalue weighted by Crippen LogP contribution is 2.28. The molecule has 112 valence electrons. The Morgan fingerprint density at radius 3 is 2.60 bits per heavy atom. The Morgan fingerprint density at radius 1 is 1.25 bits per heavy atom. The minimum absolute atomic E-state index is 0.0707. The zero-order valence-electron chi connectivity index (χ0n) is 11.7. The number of hydrogen-bond acceptors (Lipinski definition) is 4. The molecule has 2 rings (SSSR count). The number of nitrogens with one attached hydrogen (secondary N) is 2. The summed E-state index contributed by atoms with van der Waals surface area (Å²) in [7, 11) is 0. The van der Waals surface area contributed by atoms with E-state index in [1.807, 2.05) is 6.92 Å². The molecule has 0 bridgehead atoms. The minimum Gasteiger partial charge on any atom is -0.381 e. The van der Waals surface area contributed by atoms with Crippen LogP contribution < -0.4 is 10.6 Å². The fourth-order valence-electron chi connectivity index (χ4n) is 1.80. The molecule has 1 fully saturated rings. The van der Waals surface area contributed by atoms with E-state index in [0.717, 1.165) is 25.0 Å². The van der Waals surface area contributed by atoms with Gasteiger partial charge in [0.2, 0.25) is 0 Å². The molecule has 0 aromatic carbocycles. The normalized spacial score (nSPS) is 14.3. The van der Waals surface area contributed by atoms with Crippen LogP contribution in [0.4, 0.5) is 20.4 Å². The van der Waals surface area contributed by atoms with Crippen LogP contribution in [0.2, 0.25) is 0 Å². The van der Waals surface area contributed by atoms with E-state index in [4.69, 9.17) is 4.74 Å². The lowest BCUT2D eigenvalue weighted by molar-refractivity contribution is 0.124. The van der Waals surface area contributed by atoms with Crippen LogP contribution in [0.3, 0.4) is 0 Å². The van der Waals surface area contributed by atoms with E-state index in [9.17, 15) is 8.78 Å². The molecule has 1 aliphatic carbocycles. The summed E-state index contributed by atoms with van der Waals surface area (Å²) < 4.78 is 32.4. The smallest absolute Gasteiger partial charge is 0.168 e. The number of ether oxygens (including phenoxy) is 1. The van der Waals surface area contributed by atoms with Crippen molar-refractivity contribution in [3.8, 4) is 0 Å². The molecule has 0 spiro atoms. The maximum absolute atomic E-state index is 13.5. The van der Waals surface area contributed by atoms with Crippen molar-refractivity contribution in [2.75, 3.05) is 36.9 Å². The maximum atomic E-state index is 13.5. The summed E-state index contributed by atoms with van der Waals surface area (Å²) in [6.45, 7) is 4.38. The molecule has 1 aromatic rings. The summed E-state index contributed by atoms with van der Waals surface area (Å²) >= 11 is 0. The van der Waals surface area contributed by atoms with E-state index in [0.29, 0.717) is 19.7 Å². The number of aromatic nitrogens is 1. The Kier molecular flexibility index (Phi) is 5.52. The summed E-state index contributed by atoms with van der Waals surface area (Å²) in [5, 5.41) is 5.63. The molecular formula is C14H21F2N3O. The molecule has 1 aromatic heterocycles. The monoisotopic (exact) mass is 285 g/mol. The van der Waals surface area contributed by atoms with Crippen LogP contribution in [0, 0.1) is 17.6 Å². The first-order valence-corrected chi connectivity index (χ1v) is 7.12. The molecule has 0 saturated heterocycles. The van der Waals surface area contributed by atoms with Gasteiger partial charge in [-0.3, -0.25) is 0 Å². The molecule has 1 saturated carbocycles. The van der Waals surface area contributed by atoms with Crippen LogP contribution in [0.5, 0.6) is 0 Å². The maximum Gasteiger partial charge on any atom is 0.168 e. The van der Waals surface area contributed by atoms with Crippen LogP contribution in [0.15, 0.2) is 6.07 Å². The van der Waals surface area contributed by atoms with Crippen LogP contribution in [-0.2, 0) is 4.74 Å². The molecule has 0 atom stereocenters. The Labute approximate surface area is 117 Å². The lowest BCUT2D eigenvalue weighted by Crippen LogP contribution is -2.11. The largest absolute Gasteiger partial charge is 0.381 e. The van der Waals surface area contributed by atoms with Crippen LogP contribution in [0.1, 0.15) is 26.2 Å². The number of anilines is 2. The SMILES string of the molecule is CCNc1nc(NCCCOCC2CC2)c(F)cc1F. The van der Waals surface area contributed by atoms with Crippen molar-refractivity contribution in [3.63, 3.8) is 0 Å². The molecule has 20 heavy (non-hydrogen) atoms. The zero-order valence-corrected chi connectivity index (χ0v) is 11.7. The summed E-state index contributed by atoms with van der Waals surface area (Å²) in [6.07, 6.45) is 3.31. The van der Waals surface area contributed by atoms with Gasteiger partial charge in [0.05, 0.1) is 0 Å². The van der Waals surface area contributed by atoms with Gasteiger partial charge in [-0.05, 0) is 32.1 Å². The van der Waals surface area contributed by atoms with E-state index in [2.05, 4.69) is 15.6 Å². The van der Waals surface area contributed by atoms with E-state index in [1.165, 1.54) is 12.8 Å². The fraction of sp³-hybridized carbons (Fsp3) is 0.643. The minimum atomic E-state index is -0.678. The van der Waals surface area contributed by atoms with Gasteiger partial charge in [-0.2, -0.15) is 0 Å². The number of halogens is 2. The summed E-state index contributed by atoms with van der Waals surface area (Å²) in [5.74, 6) is -0.460. The van der Waals surface area contributed by atoms with Crippen molar-refractivity contribution in [1.29, 1.82) is 0 Å². The van der Waals surface area contributed by atoms with Gasteiger partial charge in [-0.25, -0.2) is 13.8 Å². The Bertz CT molecular complexity index is 439. The molecule has 0 unspecified atom stereocenters. The highest BCUT2D eigenvalue weighted by atomic mass is 19.1. The van der Waals surface area contributed by atoms with Crippen molar-refractivity contribution >= 4 is 11.6 Å². The molecule has 0 amide bonds. The molecule has 0 aliphatic heterocycles. The van der Waals surface area contributed by atoms with Gasteiger partial charge in [0.25, 0.3) is 0 Å². The third kappa shape index (κ3) is 4.59. The first-order chi connectivity index (χ1) is 9.70. The predicted molar refractivity (Wildman–Crippen MR) is 75.0 cm³/mol. The topological polar surface area (TPSA) is 46.2 Å². The standard InChI is InChI=1S/C14H21F2N3O/c1-2-17-13-11(15)8-12(16)14(19-13)18-6-3-7-20-9-10-4-5-10/h8,10H,2-7,9H2,1H3,(H2,17,18,19). The summed E-state index contributed by atoms with van der Waals surface area (Å²) in [5.41, 5.74) is 0. The van der Waals surface area contributed by atoms with Crippen molar-refractivity contribution in [2.24, 2.45) is 5.92 Å². The van der Waals surface area contributed by atoms with Gasteiger partial charge in [0, 0.05) is 32.4 Å². The number of pyridine rings is 1. The summed E-state index contributed by atoms with van der Waals surface area (Å²) in [6, 6.07) is 0.844. The molecule has 4 nitrogen and oxygen atoms in total. The van der Waals surface area contributed by atoms with Gasteiger partial charge >= 0.3 is 0 Å². The number of nitrogens with zero attached hydrogens (tertiary/aromatic N) is 1. The third-order valence-electron chi connectivity index (χ3n) is 3.08. The second-order valence-electron chi connectivity index (χ2n) is 4.98. The second-order valence-corrected chi connectivity index (χ2v) is 4.98. The molecular weight excluding hydrogens is 264 g/mol. The number of hydrogen-bond donors (Lipinski definition) is 2. The van der Waals surface area contributed by atoms with E-state index < -0.39 is 11.6 Å². The van der Waals surface area contributed by atoms with E-state index in [1.54, 1.807) is 0 Å². The molecule has 1 heterocycles. The average Bonchev–Trinajstić information content (AvgIpc) is 3.22. The van der Waals surface area contributed by atoms with Crippen LogP contribution in [-0.4, -0.2) is 31.3 Å². The Balaban J connectivity index is 1.74. The first kappa shape index (κ1) is 15.0. The molecule has 0 radical (unpaired) electrons. The van der Waals surface area contributed by atoms with Crippen molar-refractivity contribution in [3.05, 3.63) is 17.7 Å². The predicted octanol–water partition coefficient (Wildman–Crippen LogP) is 3.02. The molecule has 2 N–H and O–H groups in total. The van der Waals surface area contributed by atoms with Crippen molar-refractivity contribution in [1.82, 2.24) is 4.98 Å². The highest BCUT2D eigenvalue weighted by Gasteiger charge is 2.20. The number of rotatable bonds is 9. The quantitative estimate of drug-likeness (QED) is 0.685.